The van der Waals surface area contributed by atoms with Crippen LogP contribution in [0.4, 0.5) is 0 Å². The van der Waals surface area contributed by atoms with Crippen molar-refractivity contribution >= 4 is 12.4 Å². The van der Waals surface area contributed by atoms with E-state index in [9.17, 15) is 0 Å². The zero-order valence-corrected chi connectivity index (χ0v) is 7.10. The molecule has 1 nitrogen and oxygen atoms in total. The summed E-state index contributed by atoms with van der Waals surface area (Å²) in [4.78, 5) is 0. The van der Waals surface area contributed by atoms with Crippen LogP contribution in [0.1, 0.15) is 0 Å². The third-order valence-electron chi connectivity index (χ3n) is 0.667. The molecule has 0 spiro atoms. The molecule has 0 fully saturated rings. The molecule has 0 radical (unpaired) electrons. The summed E-state index contributed by atoms with van der Waals surface area (Å²) in [6.07, 6.45) is 0. The average molecular weight is 161 g/mol. The average Bonchev–Trinajstić information content (AvgIpc) is 1.93. The SMILES string of the molecule is COC.Cl.c1ccccc1. The highest BCUT2D eigenvalue weighted by Gasteiger charge is 1.57. The second-order valence-electron chi connectivity index (χ2n) is 1.56. The molecular formula is C8H13ClO. The van der Waals surface area contributed by atoms with Crippen LogP contribution in [0.25, 0.3) is 0 Å². The van der Waals surface area contributed by atoms with E-state index in [1.54, 1.807) is 14.2 Å². The van der Waals surface area contributed by atoms with Crippen LogP contribution in [0.5, 0.6) is 0 Å². The Labute approximate surface area is 68.4 Å². The Balaban J connectivity index is 0. The van der Waals surface area contributed by atoms with E-state index in [4.69, 9.17) is 0 Å². The van der Waals surface area contributed by atoms with E-state index in [-0.39, 0.29) is 12.4 Å². The maximum absolute atomic E-state index is 4.25. The van der Waals surface area contributed by atoms with Crippen molar-refractivity contribution in [3.63, 3.8) is 0 Å². The number of ether oxygens (including phenoxy) is 1. The van der Waals surface area contributed by atoms with Crippen LogP contribution in [0.15, 0.2) is 36.4 Å². The molecule has 58 valence electrons. The zero-order valence-electron chi connectivity index (χ0n) is 6.28. The third kappa shape index (κ3) is 10.5. The Morgan fingerprint density at radius 3 is 0.900 bits per heavy atom. The summed E-state index contributed by atoms with van der Waals surface area (Å²) in [5.74, 6) is 0. The smallest absolute Gasteiger partial charge is 0.0351 e. The first-order valence-electron chi connectivity index (χ1n) is 2.82. The Morgan fingerprint density at radius 2 is 0.800 bits per heavy atom. The summed E-state index contributed by atoms with van der Waals surface area (Å²) < 4.78 is 4.25. The van der Waals surface area contributed by atoms with Gasteiger partial charge in [-0.2, -0.15) is 0 Å². The lowest BCUT2D eigenvalue weighted by molar-refractivity contribution is 0.277. The molecule has 0 unspecified atom stereocenters. The van der Waals surface area contributed by atoms with E-state index in [1.165, 1.54) is 0 Å². The second kappa shape index (κ2) is 11.3. The van der Waals surface area contributed by atoms with Gasteiger partial charge in [0.25, 0.3) is 0 Å². The van der Waals surface area contributed by atoms with Crippen molar-refractivity contribution in [2.24, 2.45) is 0 Å². The van der Waals surface area contributed by atoms with E-state index in [0.717, 1.165) is 0 Å². The Hall–Kier alpha value is -0.530. The lowest BCUT2D eigenvalue weighted by Gasteiger charge is -1.69. The summed E-state index contributed by atoms with van der Waals surface area (Å²) in [7, 11) is 3.25. The molecule has 0 amide bonds. The molecule has 2 heteroatoms. The third-order valence-corrected chi connectivity index (χ3v) is 0.667. The maximum atomic E-state index is 4.25. The van der Waals surface area contributed by atoms with Gasteiger partial charge in [-0.05, 0) is 0 Å². The van der Waals surface area contributed by atoms with Crippen molar-refractivity contribution in [3.05, 3.63) is 36.4 Å². The van der Waals surface area contributed by atoms with E-state index in [1.807, 2.05) is 36.4 Å². The van der Waals surface area contributed by atoms with Crippen molar-refractivity contribution in [1.29, 1.82) is 0 Å². The fourth-order valence-corrected chi connectivity index (χ4v) is 0.385. The fourth-order valence-electron chi connectivity index (χ4n) is 0.385. The molecule has 0 aliphatic heterocycles. The van der Waals surface area contributed by atoms with Gasteiger partial charge in [-0.25, -0.2) is 0 Å². The van der Waals surface area contributed by atoms with Crippen molar-refractivity contribution in [2.45, 2.75) is 0 Å². The largest absolute Gasteiger partial charge is 0.388 e. The minimum absolute atomic E-state index is 0. The molecule has 0 saturated heterocycles. The van der Waals surface area contributed by atoms with Crippen molar-refractivity contribution < 1.29 is 4.74 Å². The molecule has 0 aliphatic carbocycles. The van der Waals surface area contributed by atoms with Crippen LogP contribution >= 0.6 is 12.4 Å². The highest BCUT2D eigenvalue weighted by Crippen LogP contribution is 1.79. The molecule has 1 aromatic rings. The lowest BCUT2D eigenvalue weighted by Crippen LogP contribution is -1.55. The standard InChI is InChI=1S/C6H6.C2H6O.ClH/c1-2-4-6-5-3-1;1-3-2;/h1-6H;1-2H3;1H. The summed E-state index contributed by atoms with van der Waals surface area (Å²) in [5.41, 5.74) is 0. The summed E-state index contributed by atoms with van der Waals surface area (Å²) >= 11 is 0. The number of halogens is 1. The summed E-state index contributed by atoms with van der Waals surface area (Å²) in [5, 5.41) is 0. The van der Waals surface area contributed by atoms with Gasteiger partial charge >= 0.3 is 0 Å². The Kier molecular flexibility index (Phi) is 13.7. The van der Waals surface area contributed by atoms with Crippen molar-refractivity contribution in [3.8, 4) is 0 Å². The summed E-state index contributed by atoms with van der Waals surface area (Å²) in [6.45, 7) is 0. The zero-order chi connectivity index (χ0) is 6.95. The first-order chi connectivity index (χ1) is 4.41. The van der Waals surface area contributed by atoms with Crippen LogP contribution in [0.3, 0.4) is 0 Å². The first-order valence-corrected chi connectivity index (χ1v) is 2.82. The number of methoxy groups -OCH3 is 1. The molecule has 0 aromatic heterocycles. The predicted molar refractivity (Wildman–Crippen MR) is 46.6 cm³/mol. The first kappa shape index (κ1) is 12.2. The van der Waals surface area contributed by atoms with Gasteiger partial charge in [-0.1, -0.05) is 36.4 Å². The van der Waals surface area contributed by atoms with Gasteiger partial charge in [0.2, 0.25) is 0 Å². The molecule has 0 heterocycles. The van der Waals surface area contributed by atoms with Gasteiger partial charge in [0.05, 0.1) is 0 Å². The van der Waals surface area contributed by atoms with Crippen LogP contribution in [-0.2, 0) is 4.74 Å². The minimum atomic E-state index is 0. The van der Waals surface area contributed by atoms with Gasteiger partial charge < -0.3 is 4.74 Å². The topological polar surface area (TPSA) is 9.23 Å². The Morgan fingerprint density at radius 1 is 0.700 bits per heavy atom. The molecule has 0 bridgehead atoms. The number of benzene rings is 1. The highest BCUT2D eigenvalue weighted by molar-refractivity contribution is 5.85. The number of rotatable bonds is 0. The van der Waals surface area contributed by atoms with E-state index >= 15 is 0 Å². The molecule has 0 saturated carbocycles. The van der Waals surface area contributed by atoms with Gasteiger partial charge in [0, 0.05) is 14.2 Å². The molecular weight excluding hydrogens is 148 g/mol. The number of hydrogen-bond donors (Lipinski definition) is 0. The van der Waals surface area contributed by atoms with E-state index in [0.29, 0.717) is 0 Å². The fraction of sp³-hybridized carbons (Fsp3) is 0.250. The molecule has 1 aromatic carbocycles. The van der Waals surface area contributed by atoms with Crippen LogP contribution < -0.4 is 0 Å². The van der Waals surface area contributed by atoms with Crippen LogP contribution in [0, 0.1) is 0 Å². The summed E-state index contributed by atoms with van der Waals surface area (Å²) in [6, 6.07) is 12.0. The van der Waals surface area contributed by atoms with Gasteiger partial charge in [0.15, 0.2) is 0 Å². The van der Waals surface area contributed by atoms with Crippen LogP contribution in [-0.4, -0.2) is 14.2 Å². The highest BCUT2D eigenvalue weighted by atomic mass is 35.5. The monoisotopic (exact) mass is 160 g/mol. The number of hydrogen-bond acceptors (Lipinski definition) is 1. The van der Waals surface area contributed by atoms with Gasteiger partial charge in [-0.15, -0.1) is 12.4 Å². The lowest BCUT2D eigenvalue weighted by atomic mass is 10.4. The quantitative estimate of drug-likeness (QED) is 0.566. The molecule has 0 aliphatic rings. The molecule has 1 rings (SSSR count). The molecule has 0 N–H and O–H groups in total. The Bertz CT molecular complexity index is 92.1. The molecule has 10 heavy (non-hydrogen) atoms. The van der Waals surface area contributed by atoms with E-state index in [2.05, 4.69) is 4.74 Å². The maximum Gasteiger partial charge on any atom is 0.0351 e. The predicted octanol–water partition coefficient (Wildman–Crippen LogP) is 2.37. The van der Waals surface area contributed by atoms with Crippen molar-refractivity contribution in [2.75, 3.05) is 14.2 Å². The minimum Gasteiger partial charge on any atom is -0.388 e. The van der Waals surface area contributed by atoms with E-state index < -0.39 is 0 Å². The van der Waals surface area contributed by atoms with Crippen LogP contribution in [0.2, 0.25) is 0 Å². The van der Waals surface area contributed by atoms with Gasteiger partial charge in [-0.3, -0.25) is 0 Å². The second-order valence-corrected chi connectivity index (χ2v) is 1.56. The van der Waals surface area contributed by atoms with Gasteiger partial charge in [0.1, 0.15) is 0 Å². The normalized spacial score (nSPS) is 6.60. The van der Waals surface area contributed by atoms with Crippen molar-refractivity contribution in [1.82, 2.24) is 0 Å². The molecule has 0 atom stereocenters.